The van der Waals surface area contributed by atoms with Crippen LogP contribution in [0.2, 0.25) is 0 Å². The van der Waals surface area contributed by atoms with Crippen LogP contribution in [0.25, 0.3) is 0 Å². The van der Waals surface area contributed by atoms with Gasteiger partial charge in [-0.1, -0.05) is 37.0 Å². The first-order chi connectivity index (χ1) is 8.22. The van der Waals surface area contributed by atoms with E-state index in [0.29, 0.717) is 6.42 Å². The third-order valence-corrected chi connectivity index (χ3v) is 3.18. The molecule has 1 aromatic rings. The van der Waals surface area contributed by atoms with Gasteiger partial charge in [0.2, 0.25) is 0 Å². The maximum atomic E-state index is 11.0. The molecule has 0 fully saturated rings. The predicted molar refractivity (Wildman–Crippen MR) is 71.9 cm³/mol. The fourth-order valence-electron chi connectivity index (χ4n) is 1.22. The Balaban J connectivity index is 2.28. The molecule has 0 aliphatic heterocycles. The molecule has 0 N–H and O–H groups in total. The van der Waals surface area contributed by atoms with Gasteiger partial charge in [-0.15, -0.1) is 11.8 Å². The van der Waals surface area contributed by atoms with Crippen LogP contribution in [0.15, 0.2) is 30.3 Å². The van der Waals surface area contributed by atoms with Gasteiger partial charge in [-0.25, -0.2) is 0 Å². The summed E-state index contributed by atoms with van der Waals surface area (Å²) >= 11 is 1.66. The van der Waals surface area contributed by atoms with Crippen LogP contribution in [-0.4, -0.2) is 24.1 Å². The highest BCUT2D eigenvalue weighted by molar-refractivity contribution is 8.00. The lowest BCUT2D eigenvalue weighted by molar-refractivity contribution is -0.140. The molecule has 0 amide bonds. The van der Waals surface area contributed by atoms with E-state index < -0.39 is 0 Å². The molecule has 0 bridgehead atoms. The van der Waals surface area contributed by atoms with Crippen molar-refractivity contribution >= 4 is 17.7 Å². The van der Waals surface area contributed by atoms with Gasteiger partial charge in [-0.05, 0) is 12.1 Å². The second-order valence-electron chi connectivity index (χ2n) is 3.57. The normalized spacial score (nSPS) is 11.2. The Hall–Kier alpha value is -1.40. The van der Waals surface area contributed by atoms with E-state index in [9.17, 15) is 4.79 Å². The van der Waals surface area contributed by atoms with Crippen molar-refractivity contribution in [3.8, 4) is 11.8 Å². The number of esters is 1. The summed E-state index contributed by atoms with van der Waals surface area (Å²) < 4.78 is 4.61. The van der Waals surface area contributed by atoms with Crippen molar-refractivity contribution in [1.82, 2.24) is 0 Å². The fourth-order valence-corrected chi connectivity index (χ4v) is 1.91. The van der Waals surface area contributed by atoms with Crippen molar-refractivity contribution < 1.29 is 9.53 Å². The van der Waals surface area contributed by atoms with Crippen LogP contribution >= 0.6 is 11.8 Å². The van der Waals surface area contributed by atoms with Gasteiger partial charge in [0.15, 0.2) is 0 Å². The minimum atomic E-state index is -0.166. The van der Waals surface area contributed by atoms with Crippen LogP contribution in [0.4, 0.5) is 0 Å². The summed E-state index contributed by atoms with van der Waals surface area (Å²) in [6, 6.07) is 9.87. The van der Waals surface area contributed by atoms with Gasteiger partial charge in [-0.2, -0.15) is 0 Å². The number of thioether (sulfide) groups is 1. The van der Waals surface area contributed by atoms with E-state index in [4.69, 9.17) is 0 Å². The van der Waals surface area contributed by atoms with Crippen molar-refractivity contribution in [3.63, 3.8) is 0 Å². The third-order valence-electron chi connectivity index (χ3n) is 2.13. The highest BCUT2D eigenvalue weighted by Crippen LogP contribution is 2.13. The van der Waals surface area contributed by atoms with Crippen LogP contribution in [-0.2, 0) is 9.53 Å². The zero-order valence-corrected chi connectivity index (χ0v) is 10.9. The summed E-state index contributed by atoms with van der Waals surface area (Å²) in [5.74, 6) is 6.73. The monoisotopic (exact) mass is 248 g/mol. The summed E-state index contributed by atoms with van der Waals surface area (Å²) in [6.07, 6.45) is 0.439. The first kappa shape index (κ1) is 13.7. The Morgan fingerprint density at radius 1 is 1.41 bits per heavy atom. The molecular weight excluding hydrogens is 232 g/mol. The minimum Gasteiger partial charge on any atom is -0.469 e. The zero-order chi connectivity index (χ0) is 12.5. The van der Waals surface area contributed by atoms with E-state index in [1.165, 1.54) is 7.11 Å². The zero-order valence-electron chi connectivity index (χ0n) is 10.1. The Bertz CT molecular complexity index is 403. The molecule has 3 heteroatoms. The standard InChI is InChI=1S/C14H16O2S/c1-12(11-14(15)16-2)17-10-6-9-13-7-4-3-5-8-13/h3-5,7-8,12H,10-11H2,1-2H3. The second kappa shape index (κ2) is 7.81. The number of hydrogen-bond acceptors (Lipinski definition) is 3. The van der Waals surface area contributed by atoms with Crippen LogP contribution in [0.3, 0.4) is 0 Å². The first-order valence-corrected chi connectivity index (χ1v) is 6.49. The molecule has 2 nitrogen and oxygen atoms in total. The average Bonchev–Trinajstić information content (AvgIpc) is 2.36. The largest absolute Gasteiger partial charge is 0.469 e. The van der Waals surface area contributed by atoms with Gasteiger partial charge in [0.25, 0.3) is 0 Å². The molecule has 90 valence electrons. The molecule has 17 heavy (non-hydrogen) atoms. The van der Waals surface area contributed by atoms with Gasteiger partial charge in [0, 0.05) is 10.8 Å². The summed E-state index contributed by atoms with van der Waals surface area (Å²) in [5, 5.41) is 0.243. The molecule has 0 aliphatic rings. The number of methoxy groups -OCH3 is 1. The second-order valence-corrected chi connectivity index (χ2v) is 5.00. The van der Waals surface area contributed by atoms with Gasteiger partial charge in [-0.3, -0.25) is 4.79 Å². The van der Waals surface area contributed by atoms with Crippen LogP contribution in [0.5, 0.6) is 0 Å². The number of carbonyl (C=O) groups excluding carboxylic acids is 1. The molecular formula is C14H16O2S. The number of rotatable bonds is 4. The third kappa shape index (κ3) is 6.03. The van der Waals surface area contributed by atoms with Crippen molar-refractivity contribution in [3.05, 3.63) is 35.9 Å². The molecule has 0 radical (unpaired) electrons. The Kier molecular flexibility index (Phi) is 6.27. The molecule has 1 atom stereocenters. The summed E-state index contributed by atoms with van der Waals surface area (Å²) in [7, 11) is 1.41. The Labute approximate surface area is 107 Å². The lowest BCUT2D eigenvalue weighted by Crippen LogP contribution is -2.08. The summed E-state index contributed by atoms with van der Waals surface area (Å²) in [4.78, 5) is 11.0. The van der Waals surface area contributed by atoms with E-state index in [2.05, 4.69) is 16.6 Å². The average molecular weight is 248 g/mol. The smallest absolute Gasteiger partial charge is 0.306 e. The topological polar surface area (TPSA) is 26.3 Å². The van der Waals surface area contributed by atoms with Crippen molar-refractivity contribution in [1.29, 1.82) is 0 Å². The summed E-state index contributed by atoms with van der Waals surface area (Å²) in [5.41, 5.74) is 1.02. The highest BCUT2D eigenvalue weighted by Gasteiger charge is 2.08. The van der Waals surface area contributed by atoms with Gasteiger partial charge in [0.05, 0.1) is 19.3 Å². The van der Waals surface area contributed by atoms with Crippen molar-refractivity contribution in [2.24, 2.45) is 0 Å². The van der Waals surface area contributed by atoms with E-state index in [1.54, 1.807) is 11.8 Å². The molecule has 1 unspecified atom stereocenters. The summed E-state index contributed by atoms with van der Waals surface area (Å²) in [6.45, 7) is 2.01. The predicted octanol–water partition coefficient (Wildman–Crippen LogP) is 2.72. The lowest BCUT2D eigenvalue weighted by Gasteiger charge is -2.06. The van der Waals surface area contributed by atoms with Crippen molar-refractivity contribution in [2.75, 3.05) is 12.9 Å². The molecule has 0 saturated carbocycles. The quantitative estimate of drug-likeness (QED) is 0.605. The highest BCUT2D eigenvalue weighted by atomic mass is 32.2. The van der Waals surface area contributed by atoms with E-state index >= 15 is 0 Å². The van der Waals surface area contributed by atoms with Gasteiger partial charge in [0.1, 0.15) is 0 Å². The molecule has 0 saturated heterocycles. The number of hydrogen-bond donors (Lipinski definition) is 0. The maximum Gasteiger partial charge on any atom is 0.306 e. The Morgan fingerprint density at radius 3 is 2.76 bits per heavy atom. The molecule has 0 heterocycles. The SMILES string of the molecule is COC(=O)CC(C)SCC#Cc1ccccc1. The number of benzene rings is 1. The van der Waals surface area contributed by atoms with Crippen molar-refractivity contribution in [2.45, 2.75) is 18.6 Å². The first-order valence-electron chi connectivity index (χ1n) is 5.44. The molecule has 0 aromatic heterocycles. The molecule has 0 spiro atoms. The van der Waals surface area contributed by atoms with Gasteiger partial charge < -0.3 is 4.74 Å². The molecule has 1 aromatic carbocycles. The minimum absolute atomic E-state index is 0.166. The lowest BCUT2D eigenvalue weighted by atomic mass is 10.2. The van der Waals surface area contributed by atoms with Crippen LogP contribution in [0.1, 0.15) is 18.9 Å². The van der Waals surface area contributed by atoms with E-state index in [0.717, 1.165) is 11.3 Å². The fraction of sp³-hybridized carbons (Fsp3) is 0.357. The molecule has 0 aliphatic carbocycles. The Morgan fingerprint density at radius 2 is 2.12 bits per heavy atom. The number of ether oxygens (including phenoxy) is 1. The van der Waals surface area contributed by atoms with Crippen LogP contribution < -0.4 is 0 Å². The molecule has 1 rings (SSSR count). The number of carbonyl (C=O) groups is 1. The van der Waals surface area contributed by atoms with E-state index in [1.807, 2.05) is 37.3 Å². The van der Waals surface area contributed by atoms with E-state index in [-0.39, 0.29) is 11.2 Å². The van der Waals surface area contributed by atoms with Crippen LogP contribution in [0, 0.1) is 11.8 Å². The maximum absolute atomic E-state index is 11.0. The van der Waals surface area contributed by atoms with Gasteiger partial charge >= 0.3 is 5.97 Å².